The molecule has 0 saturated carbocycles. The van der Waals surface area contributed by atoms with Gasteiger partial charge in [-0.15, -0.1) is 0 Å². The third-order valence-electron chi connectivity index (χ3n) is 3.59. The van der Waals surface area contributed by atoms with Crippen LogP contribution in [0.3, 0.4) is 0 Å². The van der Waals surface area contributed by atoms with E-state index in [4.69, 9.17) is 10.2 Å². The minimum absolute atomic E-state index is 0.222. The highest BCUT2D eigenvalue weighted by molar-refractivity contribution is 6.01. The van der Waals surface area contributed by atoms with Gasteiger partial charge in [-0.25, -0.2) is 9.98 Å². The number of hydrogen-bond donors (Lipinski definition) is 1. The molecule has 2 N–H and O–H groups in total. The number of pyridine rings is 1. The number of alkyl halides is 3. The van der Waals surface area contributed by atoms with E-state index < -0.39 is 11.7 Å². The standard InChI is InChI=1S/C15H14F3N5O/c1-9-13(14-20-4-5-24-14)22-12(19)8-23(9)7-11-3-2-10(6-21-11)15(16,17)18/h2-6,8-9H,7,19H2,1H3. The lowest BCUT2D eigenvalue weighted by molar-refractivity contribution is -0.137. The Morgan fingerprint density at radius 3 is 2.67 bits per heavy atom. The third-order valence-corrected chi connectivity index (χ3v) is 3.59. The number of halogens is 3. The first-order chi connectivity index (χ1) is 11.3. The second-order valence-corrected chi connectivity index (χ2v) is 5.27. The lowest BCUT2D eigenvalue weighted by Gasteiger charge is -2.30. The lowest BCUT2D eigenvalue weighted by atomic mass is 10.1. The van der Waals surface area contributed by atoms with Gasteiger partial charge in [0.15, 0.2) is 0 Å². The normalized spacial score (nSPS) is 18.3. The molecule has 1 aliphatic rings. The van der Waals surface area contributed by atoms with E-state index >= 15 is 0 Å². The molecular weight excluding hydrogens is 323 g/mol. The van der Waals surface area contributed by atoms with Crippen molar-refractivity contribution in [3.8, 4) is 0 Å². The highest BCUT2D eigenvalue weighted by atomic mass is 19.4. The SMILES string of the molecule is CC1C(c2ncco2)=NC(N)=CN1Cc1ccc(C(F)(F)F)cn1. The molecule has 1 unspecified atom stereocenters. The van der Waals surface area contributed by atoms with E-state index in [9.17, 15) is 13.2 Å². The van der Waals surface area contributed by atoms with Crippen LogP contribution < -0.4 is 5.73 Å². The second kappa shape index (κ2) is 5.99. The van der Waals surface area contributed by atoms with Gasteiger partial charge >= 0.3 is 6.18 Å². The molecule has 3 rings (SSSR count). The number of nitrogens with two attached hydrogens (primary N) is 1. The summed E-state index contributed by atoms with van der Waals surface area (Å²) in [4.78, 5) is 14.0. The summed E-state index contributed by atoms with van der Waals surface area (Å²) in [6.07, 6.45) is 0.970. The van der Waals surface area contributed by atoms with Gasteiger partial charge < -0.3 is 15.1 Å². The smallest absolute Gasteiger partial charge is 0.417 e. The van der Waals surface area contributed by atoms with Crippen LogP contribution in [0.2, 0.25) is 0 Å². The van der Waals surface area contributed by atoms with Crippen molar-refractivity contribution in [3.63, 3.8) is 0 Å². The molecule has 0 aromatic carbocycles. The summed E-state index contributed by atoms with van der Waals surface area (Å²) in [7, 11) is 0. The Kier molecular flexibility index (Phi) is 4.00. The van der Waals surface area contributed by atoms with Gasteiger partial charge in [-0.1, -0.05) is 0 Å². The molecule has 1 atom stereocenters. The van der Waals surface area contributed by atoms with Crippen molar-refractivity contribution in [2.45, 2.75) is 25.7 Å². The van der Waals surface area contributed by atoms with E-state index in [0.717, 1.165) is 12.3 Å². The van der Waals surface area contributed by atoms with Gasteiger partial charge in [0, 0.05) is 12.4 Å². The third kappa shape index (κ3) is 3.24. The van der Waals surface area contributed by atoms with Crippen LogP contribution in [0.25, 0.3) is 0 Å². The van der Waals surface area contributed by atoms with E-state index in [1.165, 1.54) is 18.5 Å². The Morgan fingerprint density at radius 2 is 2.08 bits per heavy atom. The van der Waals surface area contributed by atoms with Crippen molar-refractivity contribution in [3.05, 3.63) is 60.0 Å². The van der Waals surface area contributed by atoms with E-state index in [1.54, 1.807) is 6.20 Å². The summed E-state index contributed by atoms with van der Waals surface area (Å²) in [6, 6.07) is 2.13. The summed E-state index contributed by atoms with van der Waals surface area (Å²) in [5.74, 6) is 0.608. The van der Waals surface area contributed by atoms with Crippen LogP contribution in [0, 0.1) is 0 Å². The Balaban J connectivity index is 1.79. The van der Waals surface area contributed by atoms with Gasteiger partial charge in [0.05, 0.1) is 30.0 Å². The molecule has 6 nitrogen and oxygen atoms in total. The minimum Gasteiger partial charge on any atom is -0.444 e. The molecule has 0 spiro atoms. The fourth-order valence-corrected chi connectivity index (χ4v) is 2.33. The summed E-state index contributed by atoms with van der Waals surface area (Å²) in [5.41, 5.74) is 6.06. The Morgan fingerprint density at radius 1 is 1.29 bits per heavy atom. The monoisotopic (exact) mass is 337 g/mol. The highest BCUT2D eigenvalue weighted by Crippen LogP contribution is 2.28. The molecule has 0 saturated heterocycles. The molecule has 0 bridgehead atoms. The number of oxazole rings is 1. The van der Waals surface area contributed by atoms with Gasteiger partial charge in [0.1, 0.15) is 17.8 Å². The molecule has 3 heterocycles. The first kappa shape index (κ1) is 16.0. The van der Waals surface area contributed by atoms with Crippen molar-refractivity contribution in [1.29, 1.82) is 0 Å². The van der Waals surface area contributed by atoms with E-state index in [1.807, 2.05) is 11.8 Å². The molecule has 0 aliphatic carbocycles. The van der Waals surface area contributed by atoms with E-state index in [0.29, 0.717) is 17.3 Å². The van der Waals surface area contributed by atoms with Crippen LogP contribution in [0.5, 0.6) is 0 Å². The zero-order valence-electron chi connectivity index (χ0n) is 12.7. The predicted molar refractivity (Wildman–Crippen MR) is 79.6 cm³/mol. The van der Waals surface area contributed by atoms with E-state index in [-0.39, 0.29) is 18.4 Å². The largest absolute Gasteiger partial charge is 0.444 e. The summed E-state index contributed by atoms with van der Waals surface area (Å²) in [6.45, 7) is 2.15. The maximum absolute atomic E-state index is 12.6. The van der Waals surface area contributed by atoms with Crippen LogP contribution in [-0.4, -0.2) is 26.6 Å². The highest BCUT2D eigenvalue weighted by Gasteiger charge is 2.31. The van der Waals surface area contributed by atoms with Crippen molar-refractivity contribution in [1.82, 2.24) is 14.9 Å². The molecule has 1 aliphatic heterocycles. The lowest BCUT2D eigenvalue weighted by Crippen LogP contribution is -2.39. The zero-order chi connectivity index (χ0) is 17.3. The Labute approximate surface area is 135 Å². The fraction of sp³-hybridized carbons (Fsp3) is 0.267. The molecule has 2 aromatic heterocycles. The van der Waals surface area contributed by atoms with Gasteiger partial charge in [0.25, 0.3) is 0 Å². The van der Waals surface area contributed by atoms with Crippen molar-refractivity contribution < 1.29 is 17.6 Å². The number of rotatable bonds is 3. The molecule has 0 radical (unpaired) electrons. The number of nitrogens with zero attached hydrogens (tertiary/aromatic N) is 4. The minimum atomic E-state index is -4.40. The van der Waals surface area contributed by atoms with Crippen LogP contribution in [0.1, 0.15) is 24.1 Å². The first-order valence-electron chi connectivity index (χ1n) is 7.08. The van der Waals surface area contributed by atoms with Crippen molar-refractivity contribution in [2.24, 2.45) is 10.7 Å². The fourth-order valence-electron chi connectivity index (χ4n) is 2.33. The molecule has 2 aromatic rings. The average Bonchev–Trinajstić information content (AvgIpc) is 3.04. The summed E-state index contributed by atoms with van der Waals surface area (Å²) in [5, 5.41) is 0. The second-order valence-electron chi connectivity index (χ2n) is 5.27. The number of aliphatic imine (C=N–C) groups is 1. The molecule has 0 fully saturated rings. The number of hydrogen-bond acceptors (Lipinski definition) is 6. The Hall–Kier alpha value is -2.84. The summed E-state index contributed by atoms with van der Waals surface area (Å²) < 4.78 is 43.0. The van der Waals surface area contributed by atoms with Gasteiger partial charge in [-0.3, -0.25) is 4.98 Å². The average molecular weight is 337 g/mol. The first-order valence-corrected chi connectivity index (χ1v) is 7.08. The van der Waals surface area contributed by atoms with E-state index in [2.05, 4.69) is 15.0 Å². The predicted octanol–water partition coefficient (Wildman–Crippen LogP) is 2.54. The van der Waals surface area contributed by atoms with Crippen LogP contribution in [-0.2, 0) is 12.7 Å². The van der Waals surface area contributed by atoms with Crippen molar-refractivity contribution >= 4 is 5.71 Å². The van der Waals surface area contributed by atoms with Crippen LogP contribution >= 0.6 is 0 Å². The van der Waals surface area contributed by atoms with Gasteiger partial charge in [-0.05, 0) is 19.1 Å². The molecular formula is C15H14F3N5O. The van der Waals surface area contributed by atoms with Gasteiger partial charge in [-0.2, -0.15) is 13.2 Å². The van der Waals surface area contributed by atoms with Crippen LogP contribution in [0.15, 0.2) is 52.2 Å². The number of aromatic nitrogens is 2. The van der Waals surface area contributed by atoms with Crippen molar-refractivity contribution in [2.75, 3.05) is 0 Å². The summed E-state index contributed by atoms with van der Waals surface area (Å²) >= 11 is 0. The molecule has 126 valence electrons. The van der Waals surface area contributed by atoms with Crippen LogP contribution in [0.4, 0.5) is 13.2 Å². The zero-order valence-corrected chi connectivity index (χ0v) is 12.7. The maximum atomic E-state index is 12.6. The van der Waals surface area contributed by atoms with Gasteiger partial charge in [0.2, 0.25) is 5.89 Å². The maximum Gasteiger partial charge on any atom is 0.417 e. The quantitative estimate of drug-likeness (QED) is 0.931. The molecule has 24 heavy (non-hydrogen) atoms. The molecule has 0 amide bonds. The molecule has 9 heteroatoms. The topological polar surface area (TPSA) is 80.5 Å². The Bertz CT molecular complexity index is 765.